The van der Waals surface area contributed by atoms with Gasteiger partial charge in [0.15, 0.2) is 11.6 Å². The zero-order valence-electron chi connectivity index (χ0n) is 57.7. The first-order valence-electron chi connectivity index (χ1n) is 32.9. The number of likely N-dealkylation sites (N-methyl/N-ethyl adjacent to an activating group) is 2. The van der Waals surface area contributed by atoms with E-state index >= 15 is 0 Å². The number of ketones is 2. The van der Waals surface area contributed by atoms with Crippen LogP contribution in [0, 0.1) is 41.4 Å². The summed E-state index contributed by atoms with van der Waals surface area (Å²) in [7, 11) is 6.20. The van der Waals surface area contributed by atoms with Crippen LogP contribution in [-0.2, 0) is 68.6 Å². The Morgan fingerprint density at radius 2 is 1.37 bits per heavy atom. The Morgan fingerprint density at radius 3 is 1.94 bits per heavy atom. The largest absolute Gasteiger partial charge is 0.445 e. The molecule has 1 fully saturated rings. The molecule has 8 amide bonds. The van der Waals surface area contributed by atoms with Crippen LogP contribution >= 0.6 is 0 Å². The van der Waals surface area contributed by atoms with Crippen molar-refractivity contribution in [3.8, 4) is 0 Å². The molecule has 12 unspecified atom stereocenters. The van der Waals surface area contributed by atoms with Gasteiger partial charge in [0.05, 0.1) is 93.9 Å². The van der Waals surface area contributed by atoms with Crippen LogP contribution in [-0.4, -0.2) is 203 Å². The highest BCUT2D eigenvalue weighted by molar-refractivity contribution is 5.97. The monoisotopic (exact) mass is 1310 g/mol. The third kappa shape index (κ3) is 26.3. The average Bonchev–Trinajstić information content (AvgIpc) is 1.82. The number of hydrogen-bond acceptors (Lipinski definition) is 17. The van der Waals surface area contributed by atoms with E-state index < -0.39 is 90.2 Å². The number of aliphatic hydroxyl groups is 1. The van der Waals surface area contributed by atoms with Crippen molar-refractivity contribution < 1.29 is 76.7 Å². The maximum absolute atomic E-state index is 14.9. The van der Waals surface area contributed by atoms with Crippen molar-refractivity contribution in [2.45, 2.75) is 176 Å². The average molecular weight is 1310 g/mol. The molecule has 1 saturated heterocycles. The van der Waals surface area contributed by atoms with Crippen molar-refractivity contribution in [1.82, 2.24) is 30.7 Å². The first-order valence-corrected chi connectivity index (χ1v) is 32.9. The molecule has 0 spiro atoms. The van der Waals surface area contributed by atoms with Crippen molar-refractivity contribution in [3.05, 3.63) is 65.7 Å². The highest BCUT2D eigenvalue weighted by Gasteiger charge is 2.44. The summed E-state index contributed by atoms with van der Waals surface area (Å²) >= 11 is 0. The summed E-state index contributed by atoms with van der Waals surface area (Å²) in [6.45, 7) is 20.4. The lowest BCUT2D eigenvalue weighted by atomic mass is 9.83. The number of nitrogens with two attached hydrogens (primary N) is 2. The van der Waals surface area contributed by atoms with Gasteiger partial charge in [-0.05, 0) is 79.5 Å². The molecule has 0 bridgehead atoms. The van der Waals surface area contributed by atoms with Crippen molar-refractivity contribution in [3.63, 3.8) is 0 Å². The zero-order chi connectivity index (χ0) is 69.5. The van der Waals surface area contributed by atoms with Crippen LogP contribution in [0.1, 0.15) is 138 Å². The molecule has 2 aromatic rings. The Bertz CT molecular complexity index is 2630. The molecule has 93 heavy (non-hydrogen) atoms. The third-order valence-electron chi connectivity index (χ3n) is 17.5. The van der Waals surface area contributed by atoms with Crippen LogP contribution in [0.15, 0.2) is 54.6 Å². The second-order valence-corrected chi connectivity index (χ2v) is 25.5. The topological polar surface area (TPSA) is 339 Å². The highest BCUT2D eigenvalue weighted by atomic mass is 16.6. The van der Waals surface area contributed by atoms with Gasteiger partial charge in [0, 0.05) is 78.3 Å². The number of likely N-dealkylation sites (tertiary alicyclic amines) is 1. The molecule has 524 valence electrons. The fraction of sp³-hybridized carbons (Fsp3) is 0.691. The Balaban J connectivity index is 1.68. The Morgan fingerprint density at radius 1 is 0.731 bits per heavy atom. The number of primary amides is 1. The number of rotatable bonds is 44. The van der Waals surface area contributed by atoms with Gasteiger partial charge >= 0.3 is 12.1 Å². The Labute approximate surface area is 551 Å². The number of methoxy groups -OCH3 is 2. The van der Waals surface area contributed by atoms with E-state index in [1.54, 1.807) is 80.9 Å². The first-order chi connectivity index (χ1) is 44.1. The summed E-state index contributed by atoms with van der Waals surface area (Å²) in [5, 5.41) is 22.0. The predicted octanol–water partition coefficient (Wildman–Crippen LogP) is 5.78. The molecule has 0 aromatic heterocycles. The molecule has 25 heteroatoms. The van der Waals surface area contributed by atoms with Gasteiger partial charge in [-0.3, -0.25) is 33.6 Å². The van der Waals surface area contributed by atoms with E-state index in [-0.39, 0.29) is 112 Å². The molecule has 1 aliphatic heterocycles. The van der Waals surface area contributed by atoms with E-state index in [0.29, 0.717) is 75.4 Å². The maximum atomic E-state index is 14.9. The third-order valence-corrected chi connectivity index (χ3v) is 17.5. The number of hydrogen-bond donors (Lipinski definition) is 7. The lowest BCUT2D eigenvalue weighted by molar-refractivity contribution is -0.149. The summed E-state index contributed by atoms with van der Waals surface area (Å²) in [5.74, 6) is -6.00. The van der Waals surface area contributed by atoms with Gasteiger partial charge in [0.25, 0.3) is 0 Å². The molecular formula is C68H111N9O16. The number of carbonyl (C=O) groups excluding carboxylic acids is 9. The van der Waals surface area contributed by atoms with Gasteiger partial charge in [-0.2, -0.15) is 0 Å². The van der Waals surface area contributed by atoms with Crippen molar-refractivity contribution in [2.75, 3.05) is 92.9 Å². The molecular weight excluding hydrogens is 1200 g/mol. The van der Waals surface area contributed by atoms with Crippen molar-refractivity contribution in [2.24, 2.45) is 52.9 Å². The number of Topliss-reactive ketones (excluding diaryl/α,β-unsaturated/α-hetero) is 2. The lowest BCUT2D eigenvalue weighted by Crippen LogP contribution is -2.55. The smallest absolute Gasteiger partial charge is 0.410 e. The second kappa shape index (κ2) is 42.0. The van der Waals surface area contributed by atoms with Gasteiger partial charge in [0.2, 0.25) is 29.5 Å². The molecule has 1 aliphatic rings. The molecule has 0 saturated carbocycles. The van der Waals surface area contributed by atoms with E-state index in [4.69, 9.17) is 39.9 Å². The van der Waals surface area contributed by atoms with Crippen LogP contribution in [0.5, 0.6) is 0 Å². The van der Waals surface area contributed by atoms with Crippen LogP contribution in [0.4, 0.5) is 15.3 Å². The minimum Gasteiger partial charge on any atom is -0.445 e. The minimum atomic E-state index is -0.965. The van der Waals surface area contributed by atoms with Crippen molar-refractivity contribution >= 4 is 58.9 Å². The number of nitrogens with one attached hydrogen (secondary N) is 4. The number of amides is 8. The zero-order valence-corrected chi connectivity index (χ0v) is 57.7. The SMILES string of the molecule is CCC(C)C(C(CC(=O)N1CCCC1C(OC)C(C)C(=O)NC(C)C(O)c1ccccc1)OC)N(C)C(=O)C(CC(=O)C(C(C)C)N(C)C(=O)OCc1ccc(NC(=O)C(CCCNC(N)=O)CC(=O)C(NC(=O)COCCOCCOCCN)C(C)C)cc1)C(C)C. The molecule has 12 atom stereocenters. The van der Waals surface area contributed by atoms with E-state index in [2.05, 4.69) is 21.3 Å². The summed E-state index contributed by atoms with van der Waals surface area (Å²) in [4.78, 5) is 128. The maximum Gasteiger partial charge on any atom is 0.410 e. The van der Waals surface area contributed by atoms with Crippen LogP contribution in [0.25, 0.3) is 0 Å². The van der Waals surface area contributed by atoms with Gasteiger partial charge < -0.3 is 81.0 Å². The minimum absolute atomic E-state index is 0.0666. The van der Waals surface area contributed by atoms with Gasteiger partial charge in [-0.1, -0.05) is 111 Å². The number of urea groups is 1. The van der Waals surface area contributed by atoms with Crippen LogP contribution in [0.3, 0.4) is 0 Å². The van der Waals surface area contributed by atoms with E-state index in [1.807, 2.05) is 59.7 Å². The summed E-state index contributed by atoms with van der Waals surface area (Å²) in [6.07, 6.45) is -1.11. The molecule has 0 radical (unpaired) electrons. The number of ether oxygens (including phenoxy) is 6. The van der Waals surface area contributed by atoms with E-state index in [0.717, 1.165) is 0 Å². The van der Waals surface area contributed by atoms with Gasteiger partial charge in [-0.15, -0.1) is 0 Å². The predicted molar refractivity (Wildman–Crippen MR) is 353 cm³/mol. The van der Waals surface area contributed by atoms with Gasteiger partial charge in [0.1, 0.15) is 13.2 Å². The molecule has 0 aliphatic carbocycles. The standard InChI is InChI=1S/C68H111N9O16/c1-15-45(8)61(56(88-13)39-58(81)77-31-20-24-53(77)63(89-14)46(9)64(83)72-47(10)62(82)49-21-17-16-18-22-49)75(11)66(85)52(42(2)3)38-55(79)60(44(6)7)76(12)68(87)93-40-48-25-27-51(28-26-48)73-65(84)50(23-19-30-71-67(70)86)37-54(78)59(43(4)5)74-57(80)41-92-36-35-91-34-33-90-32-29-69/h16-18,21-22,25-28,42-47,50,52-53,56,59-63,82H,15,19-20,23-24,29-41,69H2,1-14H3,(H,72,83)(H,73,84)(H,74,80)(H3,70,71,86). The van der Waals surface area contributed by atoms with Crippen LogP contribution < -0.4 is 32.7 Å². The molecule has 9 N–H and O–H groups in total. The second-order valence-electron chi connectivity index (χ2n) is 25.5. The molecule has 25 nitrogen and oxygen atoms in total. The number of benzene rings is 2. The van der Waals surface area contributed by atoms with E-state index in [1.165, 1.54) is 26.2 Å². The quantitative estimate of drug-likeness (QED) is 0.0387. The summed E-state index contributed by atoms with van der Waals surface area (Å²) < 4.78 is 33.9. The highest BCUT2D eigenvalue weighted by Crippen LogP contribution is 2.32. The normalized spacial score (nSPS) is 16.8. The first kappa shape index (κ1) is 80.6. The molecule has 2 aromatic carbocycles. The van der Waals surface area contributed by atoms with E-state index in [9.17, 15) is 48.3 Å². The Hall–Kier alpha value is -6.61. The fourth-order valence-corrected chi connectivity index (χ4v) is 12.0. The van der Waals surface area contributed by atoms with Crippen molar-refractivity contribution in [1.29, 1.82) is 0 Å². The summed E-state index contributed by atoms with van der Waals surface area (Å²) in [5.41, 5.74) is 12.3. The number of carbonyl (C=O) groups is 9. The molecule has 1 heterocycles. The number of anilines is 1. The number of nitrogens with zero attached hydrogens (tertiary/aromatic N) is 3. The lowest BCUT2D eigenvalue weighted by Gasteiger charge is -2.41. The number of aliphatic hydroxyl groups excluding tert-OH is 1. The fourth-order valence-electron chi connectivity index (χ4n) is 12.0. The Kier molecular flexibility index (Phi) is 36.4. The summed E-state index contributed by atoms with van der Waals surface area (Å²) in [6, 6.07) is 11.4. The molecule has 3 rings (SSSR count). The van der Waals surface area contributed by atoms with Crippen LogP contribution in [0.2, 0.25) is 0 Å². The van der Waals surface area contributed by atoms with Gasteiger partial charge in [-0.25, -0.2) is 9.59 Å².